The fourth-order valence-electron chi connectivity index (χ4n) is 1.45. The molecule has 0 radical (unpaired) electrons. The zero-order valence-corrected chi connectivity index (χ0v) is 13.6. The van der Waals surface area contributed by atoms with Crippen LogP contribution in [0.4, 0.5) is 14.5 Å². The van der Waals surface area contributed by atoms with Gasteiger partial charge in [-0.05, 0) is 56.1 Å². The van der Waals surface area contributed by atoms with Crippen LogP contribution < -0.4 is 5.32 Å². The van der Waals surface area contributed by atoms with Gasteiger partial charge in [0.05, 0.1) is 15.2 Å². The predicted molar refractivity (Wildman–Crippen MR) is 81.2 cm³/mol. The van der Waals surface area contributed by atoms with E-state index in [1.807, 2.05) is 0 Å². The minimum Gasteiger partial charge on any atom is -0.319 e. The van der Waals surface area contributed by atoms with E-state index in [9.17, 15) is 13.6 Å². The van der Waals surface area contributed by atoms with E-state index >= 15 is 0 Å². The Bertz CT molecular complexity index is 694. The van der Waals surface area contributed by atoms with Crippen molar-refractivity contribution in [1.82, 2.24) is 0 Å². The normalized spacial score (nSPS) is 10.4. The molecule has 0 saturated heterocycles. The maximum absolute atomic E-state index is 13.6. The first-order chi connectivity index (χ1) is 9.38. The third-order valence-electron chi connectivity index (χ3n) is 2.44. The number of benzene rings is 2. The van der Waals surface area contributed by atoms with E-state index in [0.717, 1.165) is 12.1 Å². The highest BCUT2D eigenvalue weighted by Crippen LogP contribution is 2.26. The Hall–Kier alpha value is -0.980. The zero-order chi connectivity index (χ0) is 14.9. The Labute approximate surface area is 135 Å². The molecule has 0 unspecified atom stereocenters. The van der Waals surface area contributed by atoms with Gasteiger partial charge in [0.25, 0.3) is 5.91 Å². The molecular formula is C13H6Br2ClF2NO. The maximum Gasteiger partial charge on any atom is 0.255 e. The van der Waals surface area contributed by atoms with Crippen molar-refractivity contribution in [2.75, 3.05) is 5.32 Å². The van der Waals surface area contributed by atoms with Gasteiger partial charge in [-0.3, -0.25) is 4.79 Å². The van der Waals surface area contributed by atoms with E-state index in [1.165, 1.54) is 12.1 Å². The molecule has 0 fully saturated rings. The van der Waals surface area contributed by atoms with Crippen molar-refractivity contribution in [3.05, 3.63) is 61.5 Å². The molecule has 2 aromatic rings. The number of hydrogen-bond donors (Lipinski definition) is 1. The Morgan fingerprint density at radius 2 is 1.75 bits per heavy atom. The summed E-state index contributed by atoms with van der Waals surface area (Å²) >= 11 is 11.9. The molecule has 0 aromatic heterocycles. The van der Waals surface area contributed by atoms with Gasteiger partial charge in [0.2, 0.25) is 0 Å². The lowest BCUT2D eigenvalue weighted by atomic mass is 10.2. The van der Waals surface area contributed by atoms with Gasteiger partial charge in [-0.2, -0.15) is 0 Å². The van der Waals surface area contributed by atoms with E-state index in [0.29, 0.717) is 9.50 Å². The summed E-state index contributed by atoms with van der Waals surface area (Å²) in [5, 5.41) is 2.64. The summed E-state index contributed by atoms with van der Waals surface area (Å²) in [6.45, 7) is 0. The molecular weight excluding hydrogens is 419 g/mol. The molecule has 2 rings (SSSR count). The van der Waals surface area contributed by atoms with E-state index in [4.69, 9.17) is 11.6 Å². The van der Waals surface area contributed by atoms with Gasteiger partial charge in [0.1, 0.15) is 11.6 Å². The molecule has 2 aromatic carbocycles. The lowest BCUT2D eigenvalue weighted by molar-refractivity contribution is 0.102. The summed E-state index contributed by atoms with van der Waals surface area (Å²) in [5.41, 5.74) is -0.00401. The average Bonchev–Trinajstić information content (AvgIpc) is 2.39. The molecule has 104 valence electrons. The molecule has 0 aliphatic rings. The smallest absolute Gasteiger partial charge is 0.255 e. The highest BCUT2D eigenvalue weighted by atomic mass is 79.9. The van der Waals surface area contributed by atoms with Gasteiger partial charge >= 0.3 is 0 Å². The highest BCUT2D eigenvalue weighted by molar-refractivity contribution is 9.10. The molecule has 0 aliphatic heterocycles. The first-order valence-electron chi connectivity index (χ1n) is 5.29. The summed E-state index contributed by atoms with van der Waals surface area (Å²) in [7, 11) is 0. The van der Waals surface area contributed by atoms with Crippen LogP contribution in [-0.4, -0.2) is 5.91 Å². The second kappa shape index (κ2) is 6.20. The average molecular weight is 425 g/mol. The van der Waals surface area contributed by atoms with Gasteiger partial charge in [-0.15, -0.1) is 0 Å². The third kappa shape index (κ3) is 3.37. The summed E-state index contributed by atoms with van der Waals surface area (Å²) in [6, 6.07) is 6.37. The second-order valence-electron chi connectivity index (χ2n) is 3.83. The SMILES string of the molecule is O=C(Nc1cc(F)c(Br)cc1F)c1ccc(Br)c(Cl)c1. The van der Waals surface area contributed by atoms with Crippen molar-refractivity contribution in [3.63, 3.8) is 0 Å². The standard InChI is InChI=1S/C13H6Br2ClF2NO/c14-7-2-1-6(3-9(7)16)13(20)19-12-5-10(17)8(15)4-11(12)18/h1-5H,(H,19,20). The predicted octanol–water partition coefficient (Wildman–Crippen LogP) is 5.40. The molecule has 0 saturated carbocycles. The van der Waals surface area contributed by atoms with Crippen molar-refractivity contribution >= 4 is 55.1 Å². The molecule has 0 aliphatic carbocycles. The second-order valence-corrected chi connectivity index (χ2v) is 5.95. The largest absolute Gasteiger partial charge is 0.319 e. The van der Waals surface area contributed by atoms with E-state index in [1.54, 1.807) is 6.07 Å². The monoisotopic (exact) mass is 423 g/mol. The van der Waals surface area contributed by atoms with Crippen LogP contribution in [0.2, 0.25) is 5.02 Å². The summed E-state index contributed by atoms with van der Waals surface area (Å²) in [6.07, 6.45) is 0. The molecule has 20 heavy (non-hydrogen) atoms. The quantitative estimate of drug-likeness (QED) is 0.642. The maximum atomic E-state index is 13.6. The van der Waals surface area contributed by atoms with E-state index in [2.05, 4.69) is 37.2 Å². The van der Waals surface area contributed by atoms with Crippen LogP contribution in [0.15, 0.2) is 39.3 Å². The first kappa shape index (κ1) is 15.4. The van der Waals surface area contributed by atoms with Crippen LogP contribution in [-0.2, 0) is 0 Å². The third-order valence-corrected chi connectivity index (χ3v) is 4.28. The zero-order valence-electron chi connectivity index (χ0n) is 9.68. The Morgan fingerprint density at radius 3 is 2.40 bits per heavy atom. The minimum atomic E-state index is -0.741. The highest BCUT2D eigenvalue weighted by Gasteiger charge is 2.13. The fraction of sp³-hybridized carbons (Fsp3) is 0. The van der Waals surface area contributed by atoms with Crippen LogP contribution >= 0.6 is 43.5 Å². The van der Waals surface area contributed by atoms with Crippen LogP contribution in [0.5, 0.6) is 0 Å². The molecule has 1 N–H and O–H groups in total. The van der Waals surface area contributed by atoms with Crippen molar-refractivity contribution in [2.45, 2.75) is 0 Å². The van der Waals surface area contributed by atoms with Crippen molar-refractivity contribution < 1.29 is 13.6 Å². The molecule has 2 nitrogen and oxygen atoms in total. The van der Waals surface area contributed by atoms with E-state index in [-0.39, 0.29) is 15.7 Å². The number of carbonyl (C=O) groups is 1. The number of amides is 1. The van der Waals surface area contributed by atoms with Crippen LogP contribution in [0.3, 0.4) is 0 Å². The van der Waals surface area contributed by atoms with Gasteiger partial charge in [-0.25, -0.2) is 8.78 Å². The van der Waals surface area contributed by atoms with Gasteiger partial charge < -0.3 is 5.32 Å². The number of hydrogen-bond acceptors (Lipinski definition) is 1. The minimum absolute atomic E-state index is 0.0142. The molecule has 1 amide bonds. The number of anilines is 1. The molecule has 0 spiro atoms. The Morgan fingerprint density at radius 1 is 1.05 bits per heavy atom. The Balaban J connectivity index is 2.27. The summed E-state index contributed by atoms with van der Waals surface area (Å²) in [4.78, 5) is 11.9. The van der Waals surface area contributed by atoms with Gasteiger partial charge in [-0.1, -0.05) is 11.6 Å². The summed E-state index contributed by atoms with van der Waals surface area (Å²) in [5.74, 6) is -2.00. The fourth-order valence-corrected chi connectivity index (χ4v) is 2.19. The molecule has 0 heterocycles. The Kier molecular flexibility index (Phi) is 4.78. The number of rotatable bonds is 2. The topological polar surface area (TPSA) is 29.1 Å². The van der Waals surface area contributed by atoms with Crippen LogP contribution in [0.1, 0.15) is 10.4 Å². The molecule has 7 heteroatoms. The number of nitrogens with one attached hydrogen (secondary N) is 1. The van der Waals surface area contributed by atoms with Crippen molar-refractivity contribution in [1.29, 1.82) is 0 Å². The van der Waals surface area contributed by atoms with Gasteiger partial charge in [0, 0.05) is 16.1 Å². The lowest BCUT2D eigenvalue weighted by Gasteiger charge is -2.08. The van der Waals surface area contributed by atoms with E-state index < -0.39 is 17.5 Å². The number of carbonyl (C=O) groups excluding carboxylic acids is 1. The lowest BCUT2D eigenvalue weighted by Crippen LogP contribution is -2.13. The molecule has 0 bridgehead atoms. The van der Waals surface area contributed by atoms with Crippen LogP contribution in [0, 0.1) is 11.6 Å². The molecule has 0 atom stereocenters. The number of halogens is 5. The van der Waals surface area contributed by atoms with Gasteiger partial charge in [0.15, 0.2) is 0 Å². The van der Waals surface area contributed by atoms with Crippen LogP contribution in [0.25, 0.3) is 0 Å². The van der Waals surface area contributed by atoms with Crippen molar-refractivity contribution in [2.24, 2.45) is 0 Å². The summed E-state index contributed by atoms with van der Waals surface area (Å²) < 4.78 is 27.6. The van der Waals surface area contributed by atoms with Crippen molar-refractivity contribution in [3.8, 4) is 0 Å². The first-order valence-corrected chi connectivity index (χ1v) is 7.26.